The number of carbonyl (C=O) groups excluding carboxylic acids is 1. The molecule has 4 nitrogen and oxygen atoms in total. The Labute approximate surface area is 107 Å². The molecule has 0 spiro atoms. The summed E-state index contributed by atoms with van der Waals surface area (Å²) in [7, 11) is 4.72. The first-order valence-corrected chi connectivity index (χ1v) is 5.99. The summed E-state index contributed by atoms with van der Waals surface area (Å²) in [5.74, 6) is 1.59. The second-order valence-electron chi connectivity index (χ2n) is 4.46. The number of benzene rings is 1. The zero-order valence-corrected chi connectivity index (χ0v) is 10.9. The molecule has 0 saturated heterocycles. The van der Waals surface area contributed by atoms with E-state index in [1.54, 1.807) is 39.5 Å². The molecule has 1 saturated carbocycles. The van der Waals surface area contributed by atoms with Gasteiger partial charge < -0.3 is 14.2 Å². The minimum absolute atomic E-state index is 0.00259. The summed E-state index contributed by atoms with van der Waals surface area (Å²) in [5, 5.41) is 0. The van der Waals surface area contributed by atoms with Crippen LogP contribution in [0.3, 0.4) is 0 Å². The predicted octanol–water partition coefficient (Wildman–Crippen LogP) is 2.31. The van der Waals surface area contributed by atoms with Crippen molar-refractivity contribution in [2.45, 2.75) is 18.9 Å². The van der Waals surface area contributed by atoms with E-state index in [1.165, 1.54) is 0 Å². The zero-order valence-electron chi connectivity index (χ0n) is 10.9. The van der Waals surface area contributed by atoms with Gasteiger partial charge in [-0.2, -0.15) is 0 Å². The van der Waals surface area contributed by atoms with E-state index in [-0.39, 0.29) is 11.9 Å². The van der Waals surface area contributed by atoms with Crippen molar-refractivity contribution in [1.29, 1.82) is 0 Å². The van der Waals surface area contributed by atoms with E-state index < -0.39 is 0 Å². The fraction of sp³-hybridized carbons (Fsp3) is 0.500. The third-order valence-electron chi connectivity index (χ3n) is 3.20. The molecule has 1 aromatic carbocycles. The van der Waals surface area contributed by atoms with Crippen molar-refractivity contribution in [3.05, 3.63) is 23.8 Å². The van der Waals surface area contributed by atoms with Gasteiger partial charge in [0.1, 0.15) is 17.6 Å². The smallest absolute Gasteiger partial charge is 0.192 e. The van der Waals surface area contributed by atoms with E-state index in [0.29, 0.717) is 23.0 Å². The Morgan fingerprint density at radius 3 is 2.06 bits per heavy atom. The van der Waals surface area contributed by atoms with Crippen LogP contribution in [0.4, 0.5) is 0 Å². The maximum Gasteiger partial charge on any atom is 0.192 e. The SMILES string of the molecule is COc1cc(OC)cc(C(=O)C(OC)C2CC2)c1. The van der Waals surface area contributed by atoms with Crippen LogP contribution in [0.1, 0.15) is 23.2 Å². The zero-order chi connectivity index (χ0) is 13.1. The number of Topliss-reactive ketones (excluding diaryl/α,β-unsaturated/α-hetero) is 1. The molecule has 2 rings (SSSR count). The highest BCUT2D eigenvalue weighted by molar-refractivity contribution is 6.00. The van der Waals surface area contributed by atoms with Crippen LogP contribution in [0.5, 0.6) is 11.5 Å². The fourth-order valence-electron chi connectivity index (χ4n) is 2.03. The van der Waals surface area contributed by atoms with Crippen LogP contribution >= 0.6 is 0 Å². The van der Waals surface area contributed by atoms with Crippen molar-refractivity contribution in [2.75, 3.05) is 21.3 Å². The lowest BCUT2D eigenvalue weighted by atomic mass is 10.0. The van der Waals surface area contributed by atoms with Crippen molar-refractivity contribution in [3.8, 4) is 11.5 Å². The average molecular weight is 250 g/mol. The molecule has 1 aromatic rings. The van der Waals surface area contributed by atoms with Gasteiger partial charge in [-0.25, -0.2) is 0 Å². The Balaban J connectivity index is 2.27. The highest BCUT2D eigenvalue weighted by Gasteiger charge is 2.36. The highest BCUT2D eigenvalue weighted by Crippen LogP contribution is 2.36. The predicted molar refractivity (Wildman–Crippen MR) is 67.4 cm³/mol. The number of ether oxygens (including phenoxy) is 3. The molecule has 18 heavy (non-hydrogen) atoms. The summed E-state index contributed by atoms with van der Waals surface area (Å²) in [6.45, 7) is 0. The number of carbonyl (C=O) groups is 1. The molecule has 1 unspecified atom stereocenters. The lowest BCUT2D eigenvalue weighted by molar-refractivity contribution is 0.0539. The van der Waals surface area contributed by atoms with Gasteiger partial charge in [0.05, 0.1) is 14.2 Å². The number of ketones is 1. The van der Waals surface area contributed by atoms with E-state index in [2.05, 4.69) is 0 Å². The summed E-state index contributed by atoms with van der Waals surface area (Å²) in [6, 6.07) is 5.19. The molecular weight excluding hydrogens is 232 g/mol. The van der Waals surface area contributed by atoms with Crippen molar-refractivity contribution >= 4 is 5.78 Å². The van der Waals surface area contributed by atoms with Crippen LogP contribution in [0.15, 0.2) is 18.2 Å². The van der Waals surface area contributed by atoms with Crippen molar-refractivity contribution in [1.82, 2.24) is 0 Å². The topological polar surface area (TPSA) is 44.8 Å². The first-order valence-electron chi connectivity index (χ1n) is 5.99. The minimum Gasteiger partial charge on any atom is -0.497 e. The molecule has 0 bridgehead atoms. The molecule has 4 heteroatoms. The Morgan fingerprint density at radius 1 is 1.11 bits per heavy atom. The Morgan fingerprint density at radius 2 is 1.67 bits per heavy atom. The van der Waals surface area contributed by atoms with E-state index in [0.717, 1.165) is 12.8 Å². The number of hydrogen-bond acceptors (Lipinski definition) is 4. The van der Waals surface area contributed by atoms with Crippen LogP contribution in [-0.2, 0) is 4.74 Å². The van der Waals surface area contributed by atoms with Gasteiger partial charge in [-0.15, -0.1) is 0 Å². The van der Waals surface area contributed by atoms with Gasteiger partial charge in [-0.3, -0.25) is 4.79 Å². The minimum atomic E-state index is -0.346. The summed E-state index contributed by atoms with van der Waals surface area (Å²) in [6.07, 6.45) is 1.78. The second kappa shape index (κ2) is 5.40. The van der Waals surface area contributed by atoms with Gasteiger partial charge in [0.2, 0.25) is 0 Å². The molecular formula is C14H18O4. The van der Waals surface area contributed by atoms with Gasteiger partial charge in [-0.05, 0) is 30.9 Å². The molecule has 1 aliphatic rings. The summed E-state index contributed by atoms with van der Waals surface area (Å²) < 4.78 is 15.6. The third-order valence-corrected chi connectivity index (χ3v) is 3.20. The Kier molecular flexibility index (Phi) is 3.87. The largest absolute Gasteiger partial charge is 0.497 e. The normalized spacial score (nSPS) is 16.2. The summed E-state index contributed by atoms with van der Waals surface area (Å²) >= 11 is 0. The lowest BCUT2D eigenvalue weighted by Crippen LogP contribution is -2.25. The van der Waals surface area contributed by atoms with Crippen LogP contribution in [0, 0.1) is 5.92 Å². The summed E-state index contributed by atoms with van der Waals surface area (Å²) in [4.78, 5) is 12.4. The maximum atomic E-state index is 12.4. The van der Waals surface area contributed by atoms with Gasteiger partial charge in [-0.1, -0.05) is 0 Å². The molecule has 1 atom stereocenters. The molecule has 0 N–H and O–H groups in total. The van der Waals surface area contributed by atoms with Gasteiger partial charge >= 0.3 is 0 Å². The maximum absolute atomic E-state index is 12.4. The van der Waals surface area contributed by atoms with Crippen LogP contribution in [0.25, 0.3) is 0 Å². The standard InChI is InChI=1S/C14H18O4/c1-16-11-6-10(7-12(8-11)17-2)13(15)14(18-3)9-4-5-9/h6-9,14H,4-5H2,1-3H3. The lowest BCUT2D eigenvalue weighted by Gasteiger charge is -2.14. The van der Waals surface area contributed by atoms with Crippen molar-refractivity contribution < 1.29 is 19.0 Å². The first-order chi connectivity index (χ1) is 8.69. The van der Waals surface area contributed by atoms with E-state index in [1.807, 2.05) is 0 Å². The number of hydrogen-bond donors (Lipinski definition) is 0. The van der Waals surface area contributed by atoms with Crippen molar-refractivity contribution in [3.63, 3.8) is 0 Å². The fourth-order valence-corrected chi connectivity index (χ4v) is 2.03. The Bertz CT molecular complexity index is 415. The number of methoxy groups -OCH3 is 3. The third kappa shape index (κ3) is 2.64. The molecule has 0 heterocycles. The van der Waals surface area contributed by atoms with Crippen LogP contribution < -0.4 is 9.47 Å². The van der Waals surface area contributed by atoms with Gasteiger partial charge in [0.15, 0.2) is 5.78 Å². The molecule has 0 radical (unpaired) electrons. The van der Waals surface area contributed by atoms with Crippen LogP contribution in [-0.4, -0.2) is 33.2 Å². The molecule has 0 amide bonds. The molecule has 1 fully saturated rings. The molecule has 0 aliphatic heterocycles. The first kappa shape index (κ1) is 12.9. The Hall–Kier alpha value is -1.55. The van der Waals surface area contributed by atoms with Gasteiger partial charge in [0, 0.05) is 18.7 Å². The molecule has 1 aliphatic carbocycles. The van der Waals surface area contributed by atoms with Crippen LogP contribution in [0.2, 0.25) is 0 Å². The van der Waals surface area contributed by atoms with E-state index in [9.17, 15) is 4.79 Å². The monoisotopic (exact) mass is 250 g/mol. The van der Waals surface area contributed by atoms with E-state index >= 15 is 0 Å². The highest BCUT2D eigenvalue weighted by atomic mass is 16.5. The molecule has 0 aromatic heterocycles. The number of rotatable bonds is 6. The summed E-state index contributed by atoms with van der Waals surface area (Å²) in [5.41, 5.74) is 0.574. The van der Waals surface area contributed by atoms with E-state index in [4.69, 9.17) is 14.2 Å². The second-order valence-corrected chi connectivity index (χ2v) is 4.46. The average Bonchev–Trinajstić information content (AvgIpc) is 3.23. The quantitative estimate of drug-likeness (QED) is 0.727. The molecule has 98 valence electrons. The van der Waals surface area contributed by atoms with Crippen molar-refractivity contribution in [2.24, 2.45) is 5.92 Å². The van der Waals surface area contributed by atoms with Gasteiger partial charge in [0.25, 0.3) is 0 Å².